The third kappa shape index (κ3) is 2.71. The minimum absolute atomic E-state index is 0.367. The van der Waals surface area contributed by atoms with Crippen LogP contribution in [0, 0.1) is 5.82 Å². The number of carbonyl (C=O) groups is 1. The molecule has 2 aromatic carbocycles. The number of phenols is 1. The van der Waals surface area contributed by atoms with Crippen molar-refractivity contribution in [1.29, 1.82) is 0 Å². The highest BCUT2D eigenvalue weighted by molar-refractivity contribution is 5.97. The summed E-state index contributed by atoms with van der Waals surface area (Å²) in [6.45, 7) is 1.74. The summed E-state index contributed by atoms with van der Waals surface area (Å²) in [5.41, 5.74) is 6.73. The van der Waals surface area contributed by atoms with Crippen LogP contribution in [0.1, 0.15) is 28.9 Å². The number of anilines is 1. The molecular weight excluding hydrogens is 259 g/mol. The fourth-order valence-corrected chi connectivity index (χ4v) is 1.99. The van der Waals surface area contributed by atoms with E-state index in [1.54, 1.807) is 31.2 Å². The summed E-state index contributed by atoms with van der Waals surface area (Å²) in [5.74, 6) is -1.84. The first-order valence-electron chi connectivity index (χ1n) is 6.13. The van der Waals surface area contributed by atoms with Crippen LogP contribution in [0.15, 0.2) is 42.5 Å². The average molecular weight is 274 g/mol. The van der Waals surface area contributed by atoms with Gasteiger partial charge in [-0.05, 0) is 30.7 Å². The van der Waals surface area contributed by atoms with Crippen LogP contribution in [0.5, 0.6) is 5.75 Å². The van der Waals surface area contributed by atoms with Crippen LogP contribution < -0.4 is 11.1 Å². The Labute approximate surface area is 116 Å². The number of benzene rings is 2. The minimum atomic E-state index is -0.768. The van der Waals surface area contributed by atoms with Crippen molar-refractivity contribution in [3.63, 3.8) is 0 Å². The van der Waals surface area contributed by atoms with Crippen molar-refractivity contribution < 1.29 is 14.3 Å². The van der Waals surface area contributed by atoms with E-state index in [0.717, 1.165) is 11.6 Å². The van der Waals surface area contributed by atoms with Crippen molar-refractivity contribution in [1.82, 2.24) is 5.32 Å². The van der Waals surface area contributed by atoms with E-state index in [9.17, 15) is 14.3 Å². The predicted molar refractivity (Wildman–Crippen MR) is 74.8 cm³/mol. The molecule has 0 aliphatic carbocycles. The molecule has 0 radical (unpaired) electrons. The topological polar surface area (TPSA) is 75.3 Å². The molecule has 4 N–H and O–H groups in total. The van der Waals surface area contributed by atoms with Crippen LogP contribution in [0.4, 0.5) is 10.1 Å². The van der Waals surface area contributed by atoms with Crippen LogP contribution in [0.25, 0.3) is 0 Å². The lowest BCUT2D eigenvalue weighted by molar-refractivity contribution is 0.0933. The second kappa shape index (κ2) is 5.61. The third-order valence-corrected chi connectivity index (χ3v) is 3.03. The molecule has 4 nitrogen and oxygen atoms in total. The zero-order chi connectivity index (χ0) is 14.7. The number of hydrogen-bond donors (Lipinski definition) is 3. The molecule has 0 aliphatic heterocycles. The van der Waals surface area contributed by atoms with Crippen LogP contribution in [-0.4, -0.2) is 11.0 Å². The molecule has 0 bridgehead atoms. The highest BCUT2D eigenvalue weighted by Crippen LogP contribution is 2.23. The van der Waals surface area contributed by atoms with Crippen molar-refractivity contribution in [3.05, 3.63) is 59.4 Å². The van der Waals surface area contributed by atoms with Gasteiger partial charge in [0.1, 0.15) is 17.1 Å². The largest absolute Gasteiger partial charge is 0.507 e. The van der Waals surface area contributed by atoms with Gasteiger partial charge in [-0.15, -0.1) is 0 Å². The number of nitrogen functional groups attached to an aromatic ring is 1. The van der Waals surface area contributed by atoms with E-state index in [0.29, 0.717) is 5.69 Å². The Bertz CT molecular complexity index is 623. The molecule has 1 atom stereocenters. The number of amides is 1. The van der Waals surface area contributed by atoms with Gasteiger partial charge in [0.25, 0.3) is 5.91 Å². The first-order chi connectivity index (χ1) is 9.50. The fraction of sp³-hybridized carbons (Fsp3) is 0.133. The molecule has 104 valence electrons. The number of halogens is 1. The smallest absolute Gasteiger partial charge is 0.258 e. The average Bonchev–Trinajstić information content (AvgIpc) is 2.38. The lowest BCUT2D eigenvalue weighted by atomic mass is 10.1. The normalized spacial score (nSPS) is 11.9. The molecule has 2 aromatic rings. The number of para-hydroxylation sites is 1. The van der Waals surface area contributed by atoms with Gasteiger partial charge in [-0.2, -0.15) is 0 Å². The van der Waals surface area contributed by atoms with Crippen LogP contribution in [0.2, 0.25) is 0 Å². The van der Waals surface area contributed by atoms with Crippen LogP contribution >= 0.6 is 0 Å². The van der Waals surface area contributed by atoms with Crippen molar-refractivity contribution >= 4 is 11.6 Å². The summed E-state index contributed by atoms with van der Waals surface area (Å²) in [7, 11) is 0. The van der Waals surface area contributed by atoms with Crippen molar-refractivity contribution in [2.75, 3.05) is 5.73 Å². The fourth-order valence-electron chi connectivity index (χ4n) is 1.99. The molecule has 0 aliphatic rings. The molecule has 5 heteroatoms. The number of nitrogens with one attached hydrogen (secondary N) is 1. The zero-order valence-corrected chi connectivity index (χ0v) is 10.9. The Kier molecular flexibility index (Phi) is 3.89. The van der Waals surface area contributed by atoms with E-state index in [-0.39, 0.29) is 5.56 Å². The highest BCUT2D eigenvalue weighted by Gasteiger charge is 2.19. The molecule has 0 aromatic heterocycles. The Morgan fingerprint density at radius 3 is 2.60 bits per heavy atom. The molecule has 0 heterocycles. The first-order valence-corrected chi connectivity index (χ1v) is 6.13. The molecule has 0 saturated carbocycles. The Morgan fingerprint density at radius 1 is 1.25 bits per heavy atom. The number of hydrogen-bond acceptors (Lipinski definition) is 3. The van der Waals surface area contributed by atoms with Crippen LogP contribution in [-0.2, 0) is 0 Å². The summed E-state index contributed by atoms with van der Waals surface area (Å²) in [5, 5.41) is 12.2. The van der Waals surface area contributed by atoms with Gasteiger partial charge in [-0.25, -0.2) is 4.39 Å². The molecule has 1 amide bonds. The van der Waals surface area contributed by atoms with Gasteiger partial charge < -0.3 is 16.2 Å². The molecule has 2 rings (SSSR count). The Balaban J connectivity index is 2.22. The zero-order valence-electron chi connectivity index (χ0n) is 10.9. The molecule has 0 saturated heterocycles. The maximum Gasteiger partial charge on any atom is 0.258 e. The summed E-state index contributed by atoms with van der Waals surface area (Å²) >= 11 is 0. The van der Waals surface area contributed by atoms with Crippen molar-refractivity contribution in [3.8, 4) is 5.75 Å². The van der Waals surface area contributed by atoms with E-state index in [2.05, 4.69) is 5.32 Å². The maximum atomic E-state index is 13.6. The quantitative estimate of drug-likeness (QED) is 0.753. The van der Waals surface area contributed by atoms with E-state index in [1.165, 1.54) is 12.1 Å². The first kappa shape index (κ1) is 13.9. The lowest BCUT2D eigenvalue weighted by Crippen LogP contribution is -2.28. The van der Waals surface area contributed by atoms with E-state index >= 15 is 0 Å². The van der Waals surface area contributed by atoms with E-state index in [4.69, 9.17) is 5.73 Å². The summed E-state index contributed by atoms with van der Waals surface area (Å²) in [6, 6.07) is 10.4. The molecule has 20 heavy (non-hydrogen) atoms. The number of carbonyl (C=O) groups excluding carboxylic acids is 1. The summed E-state index contributed by atoms with van der Waals surface area (Å²) in [6.07, 6.45) is 0. The van der Waals surface area contributed by atoms with E-state index in [1.807, 2.05) is 0 Å². The van der Waals surface area contributed by atoms with Gasteiger partial charge in [0.2, 0.25) is 0 Å². The molecule has 1 unspecified atom stereocenters. The van der Waals surface area contributed by atoms with Crippen molar-refractivity contribution in [2.45, 2.75) is 13.0 Å². The van der Waals surface area contributed by atoms with Gasteiger partial charge in [0, 0.05) is 5.69 Å². The summed E-state index contributed by atoms with van der Waals surface area (Å²) < 4.78 is 13.6. The molecular formula is C15H15FN2O2. The molecule has 0 spiro atoms. The van der Waals surface area contributed by atoms with Crippen molar-refractivity contribution in [2.24, 2.45) is 0 Å². The van der Waals surface area contributed by atoms with Crippen LogP contribution in [0.3, 0.4) is 0 Å². The molecule has 0 fully saturated rings. The lowest BCUT2D eigenvalue weighted by Gasteiger charge is -2.16. The SMILES string of the molecule is CC(NC(=O)c1c(O)cccc1F)c1ccccc1N. The standard InChI is InChI=1S/C15H15FN2O2/c1-9(10-5-2-3-7-12(10)17)18-15(20)14-11(16)6-4-8-13(14)19/h2-9,19H,17H2,1H3,(H,18,20). The second-order valence-electron chi connectivity index (χ2n) is 4.46. The van der Waals surface area contributed by atoms with Gasteiger partial charge in [-0.1, -0.05) is 24.3 Å². The number of aromatic hydroxyl groups is 1. The Morgan fingerprint density at radius 2 is 1.95 bits per heavy atom. The number of rotatable bonds is 3. The highest BCUT2D eigenvalue weighted by atomic mass is 19.1. The number of phenolic OH excluding ortho intramolecular Hbond substituents is 1. The second-order valence-corrected chi connectivity index (χ2v) is 4.46. The minimum Gasteiger partial charge on any atom is -0.507 e. The van der Waals surface area contributed by atoms with Gasteiger partial charge in [0.15, 0.2) is 0 Å². The third-order valence-electron chi connectivity index (χ3n) is 3.03. The predicted octanol–water partition coefficient (Wildman–Crippen LogP) is 2.60. The summed E-state index contributed by atoms with van der Waals surface area (Å²) in [4.78, 5) is 12.0. The number of nitrogens with two attached hydrogens (primary N) is 1. The maximum absolute atomic E-state index is 13.6. The van der Waals surface area contributed by atoms with Gasteiger partial charge in [0.05, 0.1) is 6.04 Å². The monoisotopic (exact) mass is 274 g/mol. The van der Waals surface area contributed by atoms with Gasteiger partial charge >= 0.3 is 0 Å². The van der Waals surface area contributed by atoms with E-state index < -0.39 is 23.5 Å². The van der Waals surface area contributed by atoms with Gasteiger partial charge in [-0.3, -0.25) is 4.79 Å². The Hall–Kier alpha value is -2.56.